The molecule has 18 heavy (non-hydrogen) atoms. The topological polar surface area (TPSA) is 72.2 Å². The first-order valence-corrected chi connectivity index (χ1v) is 7.80. The molecule has 0 aromatic heterocycles. The molecule has 3 N–H and O–H groups in total. The van der Waals surface area contributed by atoms with Gasteiger partial charge in [-0.25, -0.2) is 13.1 Å². The number of benzene rings is 1. The molecule has 1 aromatic rings. The minimum absolute atomic E-state index is 0.0197. The molecule has 0 atom stereocenters. The average molecular weight is 268 g/mol. The second kappa shape index (κ2) is 4.55. The molecule has 1 aliphatic carbocycles. The highest BCUT2D eigenvalue weighted by Crippen LogP contribution is 2.39. The normalized spacial score (nSPS) is 16.8. The van der Waals surface area contributed by atoms with Gasteiger partial charge in [-0.1, -0.05) is 12.1 Å². The molecule has 1 fully saturated rings. The van der Waals surface area contributed by atoms with E-state index in [1.165, 1.54) is 0 Å². The van der Waals surface area contributed by atoms with E-state index in [1.54, 1.807) is 24.3 Å². The van der Waals surface area contributed by atoms with E-state index in [4.69, 9.17) is 5.73 Å². The lowest BCUT2D eigenvalue weighted by atomic mass is 10.0. The summed E-state index contributed by atoms with van der Waals surface area (Å²) >= 11 is 0. The van der Waals surface area contributed by atoms with Gasteiger partial charge in [-0.05, 0) is 50.3 Å². The first-order chi connectivity index (χ1) is 8.28. The maximum Gasteiger partial charge on any atom is 0.216 e. The second-order valence-electron chi connectivity index (χ2n) is 5.60. The van der Waals surface area contributed by atoms with E-state index in [-0.39, 0.29) is 11.3 Å². The molecular weight excluding hydrogens is 248 g/mol. The Morgan fingerprint density at radius 1 is 1.39 bits per heavy atom. The van der Waals surface area contributed by atoms with Crippen molar-refractivity contribution in [2.75, 3.05) is 5.73 Å². The molecule has 0 aliphatic heterocycles. The number of nitrogens with two attached hydrogens (primary N) is 1. The predicted octanol–water partition coefficient (Wildman–Crippen LogP) is 1.88. The number of sulfonamides is 1. The van der Waals surface area contributed by atoms with Crippen LogP contribution in [-0.2, 0) is 15.8 Å². The Balaban J connectivity index is 2.07. The predicted molar refractivity (Wildman–Crippen MR) is 73.4 cm³/mol. The molecular formula is C13H20N2O2S. The van der Waals surface area contributed by atoms with E-state index < -0.39 is 10.0 Å². The SMILES string of the molecule is CC(C)(NS(=O)(=O)Cc1cccc(N)c1)C1CC1. The van der Waals surface area contributed by atoms with Gasteiger partial charge in [-0.3, -0.25) is 0 Å². The van der Waals surface area contributed by atoms with E-state index in [0.717, 1.165) is 12.8 Å². The van der Waals surface area contributed by atoms with Crippen LogP contribution in [0, 0.1) is 5.92 Å². The minimum Gasteiger partial charge on any atom is -0.399 e. The Morgan fingerprint density at radius 3 is 2.61 bits per heavy atom. The highest BCUT2D eigenvalue weighted by molar-refractivity contribution is 7.88. The van der Waals surface area contributed by atoms with Crippen LogP contribution in [0.1, 0.15) is 32.3 Å². The average Bonchev–Trinajstić information content (AvgIpc) is 2.96. The van der Waals surface area contributed by atoms with Gasteiger partial charge in [0, 0.05) is 11.2 Å². The zero-order chi connectivity index (χ0) is 13.4. The summed E-state index contributed by atoms with van der Waals surface area (Å²) in [6.45, 7) is 3.89. The van der Waals surface area contributed by atoms with Crippen molar-refractivity contribution in [1.82, 2.24) is 4.72 Å². The van der Waals surface area contributed by atoms with E-state index in [1.807, 2.05) is 13.8 Å². The Labute approximate surface area is 109 Å². The van der Waals surface area contributed by atoms with E-state index in [2.05, 4.69) is 4.72 Å². The van der Waals surface area contributed by atoms with E-state index in [9.17, 15) is 8.42 Å². The van der Waals surface area contributed by atoms with Crippen LogP contribution in [0.2, 0.25) is 0 Å². The van der Waals surface area contributed by atoms with Crippen LogP contribution in [-0.4, -0.2) is 14.0 Å². The Morgan fingerprint density at radius 2 is 2.06 bits per heavy atom. The van der Waals surface area contributed by atoms with E-state index >= 15 is 0 Å². The summed E-state index contributed by atoms with van der Waals surface area (Å²) in [5.74, 6) is 0.446. The molecule has 2 rings (SSSR count). The molecule has 1 saturated carbocycles. The number of hydrogen-bond donors (Lipinski definition) is 2. The third-order valence-corrected chi connectivity index (χ3v) is 4.87. The molecule has 1 aromatic carbocycles. The molecule has 0 heterocycles. The van der Waals surface area contributed by atoms with Crippen molar-refractivity contribution in [2.45, 2.75) is 38.0 Å². The number of anilines is 1. The minimum atomic E-state index is -3.32. The molecule has 4 nitrogen and oxygen atoms in total. The molecule has 100 valence electrons. The van der Waals surface area contributed by atoms with Gasteiger partial charge >= 0.3 is 0 Å². The number of hydrogen-bond acceptors (Lipinski definition) is 3. The van der Waals surface area contributed by atoms with Crippen LogP contribution < -0.4 is 10.5 Å². The zero-order valence-electron chi connectivity index (χ0n) is 10.8. The van der Waals surface area contributed by atoms with Crippen LogP contribution >= 0.6 is 0 Å². The molecule has 1 aliphatic rings. The Kier molecular flexibility index (Phi) is 3.38. The van der Waals surface area contributed by atoms with Crippen molar-refractivity contribution >= 4 is 15.7 Å². The lowest BCUT2D eigenvalue weighted by molar-refractivity contribution is 0.400. The number of rotatable bonds is 5. The molecule has 0 spiro atoms. The van der Waals surface area contributed by atoms with Crippen molar-refractivity contribution in [3.8, 4) is 0 Å². The van der Waals surface area contributed by atoms with Gasteiger partial charge in [0.15, 0.2) is 0 Å². The third-order valence-electron chi connectivity index (χ3n) is 3.32. The van der Waals surface area contributed by atoms with Crippen LogP contribution in [0.4, 0.5) is 5.69 Å². The van der Waals surface area contributed by atoms with Crippen LogP contribution in [0.3, 0.4) is 0 Å². The lowest BCUT2D eigenvalue weighted by Gasteiger charge is -2.25. The first kappa shape index (κ1) is 13.4. The second-order valence-corrected chi connectivity index (χ2v) is 7.32. The largest absolute Gasteiger partial charge is 0.399 e. The maximum absolute atomic E-state index is 12.1. The highest BCUT2D eigenvalue weighted by atomic mass is 32.2. The quantitative estimate of drug-likeness (QED) is 0.801. The molecule has 0 bridgehead atoms. The summed E-state index contributed by atoms with van der Waals surface area (Å²) in [5, 5.41) is 0. The summed E-state index contributed by atoms with van der Waals surface area (Å²) in [6.07, 6.45) is 2.21. The zero-order valence-corrected chi connectivity index (χ0v) is 11.6. The standard InChI is InChI=1S/C13H20N2O2S/c1-13(2,11-6-7-11)15-18(16,17)9-10-4-3-5-12(14)8-10/h3-5,8,11,15H,6-7,9,14H2,1-2H3. The fraction of sp³-hybridized carbons (Fsp3) is 0.538. The van der Waals surface area contributed by atoms with Crippen molar-refractivity contribution < 1.29 is 8.42 Å². The van der Waals surface area contributed by atoms with Gasteiger partial charge < -0.3 is 5.73 Å². The summed E-state index contributed by atoms with van der Waals surface area (Å²) < 4.78 is 27.0. The van der Waals surface area contributed by atoms with Gasteiger partial charge in [0.2, 0.25) is 10.0 Å². The van der Waals surface area contributed by atoms with Crippen LogP contribution in [0.15, 0.2) is 24.3 Å². The molecule has 5 heteroatoms. The van der Waals surface area contributed by atoms with Gasteiger partial charge in [0.05, 0.1) is 5.75 Å². The highest BCUT2D eigenvalue weighted by Gasteiger charge is 2.40. The van der Waals surface area contributed by atoms with Crippen molar-refractivity contribution in [3.63, 3.8) is 0 Å². The fourth-order valence-corrected chi connectivity index (χ4v) is 3.89. The van der Waals surface area contributed by atoms with Crippen LogP contribution in [0.5, 0.6) is 0 Å². The third kappa shape index (κ3) is 3.46. The van der Waals surface area contributed by atoms with Crippen LogP contribution in [0.25, 0.3) is 0 Å². The summed E-state index contributed by atoms with van der Waals surface area (Å²) in [7, 11) is -3.32. The number of nitrogen functional groups attached to an aromatic ring is 1. The monoisotopic (exact) mass is 268 g/mol. The smallest absolute Gasteiger partial charge is 0.216 e. The summed E-state index contributed by atoms with van der Waals surface area (Å²) in [4.78, 5) is 0. The first-order valence-electron chi connectivity index (χ1n) is 6.14. The lowest BCUT2D eigenvalue weighted by Crippen LogP contribution is -2.45. The van der Waals surface area contributed by atoms with E-state index in [0.29, 0.717) is 17.2 Å². The van der Waals surface area contributed by atoms with Crippen molar-refractivity contribution in [3.05, 3.63) is 29.8 Å². The molecule has 0 saturated heterocycles. The molecule has 0 radical (unpaired) electrons. The van der Waals surface area contributed by atoms with Crippen molar-refractivity contribution in [2.24, 2.45) is 5.92 Å². The van der Waals surface area contributed by atoms with Gasteiger partial charge in [0.1, 0.15) is 0 Å². The number of nitrogens with one attached hydrogen (secondary N) is 1. The van der Waals surface area contributed by atoms with Crippen molar-refractivity contribution in [1.29, 1.82) is 0 Å². The Hall–Kier alpha value is -1.07. The van der Waals surface area contributed by atoms with Gasteiger partial charge in [-0.2, -0.15) is 0 Å². The molecule has 0 amide bonds. The van der Waals surface area contributed by atoms with Gasteiger partial charge in [0.25, 0.3) is 0 Å². The Bertz CT molecular complexity index is 534. The fourth-order valence-electron chi connectivity index (χ4n) is 2.23. The molecule has 0 unspecified atom stereocenters. The summed E-state index contributed by atoms with van der Waals surface area (Å²) in [5.41, 5.74) is 6.60. The van der Waals surface area contributed by atoms with Gasteiger partial charge in [-0.15, -0.1) is 0 Å². The summed E-state index contributed by atoms with van der Waals surface area (Å²) in [6, 6.07) is 6.99. The maximum atomic E-state index is 12.1.